The van der Waals surface area contributed by atoms with E-state index < -0.39 is 11.5 Å². The molecule has 0 fully saturated rings. The minimum absolute atomic E-state index is 0.0560. The number of pyridine rings is 2. The Hall–Kier alpha value is -2.96. The number of aromatic amines is 1. The highest BCUT2D eigenvalue weighted by atomic mass is 16.2. The Kier molecular flexibility index (Phi) is 3.46. The van der Waals surface area contributed by atoms with Crippen LogP contribution in [0.15, 0.2) is 41.6 Å². The Morgan fingerprint density at radius 1 is 1.36 bits per heavy atom. The fourth-order valence-corrected chi connectivity index (χ4v) is 2.19. The number of nitrogens with zero attached hydrogens (tertiary/aromatic N) is 3. The van der Waals surface area contributed by atoms with Crippen LogP contribution in [-0.2, 0) is 0 Å². The van der Waals surface area contributed by atoms with Gasteiger partial charge in [-0.3, -0.25) is 9.59 Å². The Labute approximate surface area is 126 Å². The van der Waals surface area contributed by atoms with E-state index in [1.807, 2.05) is 18.5 Å². The van der Waals surface area contributed by atoms with E-state index >= 15 is 0 Å². The second-order valence-corrected chi connectivity index (χ2v) is 5.19. The van der Waals surface area contributed by atoms with Crippen LogP contribution in [0.25, 0.3) is 11.0 Å². The summed E-state index contributed by atoms with van der Waals surface area (Å²) in [5.74, 6) is -0.473. The second kappa shape index (κ2) is 5.44. The van der Waals surface area contributed by atoms with Crippen molar-refractivity contribution in [3.8, 4) is 0 Å². The molecule has 0 atom stereocenters. The number of fused-ring (bicyclic) bond motifs is 1. The van der Waals surface area contributed by atoms with Crippen LogP contribution in [0.4, 0.5) is 5.69 Å². The number of anilines is 1. The molecule has 3 aromatic rings. The predicted octanol–water partition coefficient (Wildman–Crippen LogP) is 1.95. The highest BCUT2D eigenvalue weighted by molar-refractivity contribution is 6.04. The zero-order chi connectivity index (χ0) is 15.7. The minimum Gasteiger partial charge on any atom is -0.328 e. The molecule has 0 unspecified atom stereocenters. The first-order valence-electron chi connectivity index (χ1n) is 6.88. The van der Waals surface area contributed by atoms with Crippen molar-refractivity contribution in [2.75, 3.05) is 5.32 Å². The van der Waals surface area contributed by atoms with Gasteiger partial charge in [-0.2, -0.15) is 5.10 Å². The number of amides is 1. The standard InChI is InChI=1S/C15H15N5O2/c1-9(2)20-13-10(7-18-20)6-11(8-17-13)19-15(22)12-4-3-5-16-14(12)21/h3-9H,1-2H3,(H,16,21)(H,19,22). The van der Waals surface area contributed by atoms with Crippen molar-refractivity contribution in [2.24, 2.45) is 0 Å². The van der Waals surface area contributed by atoms with Crippen LogP contribution in [0.1, 0.15) is 30.2 Å². The normalized spacial score (nSPS) is 11.0. The fourth-order valence-electron chi connectivity index (χ4n) is 2.19. The predicted molar refractivity (Wildman–Crippen MR) is 82.9 cm³/mol. The third kappa shape index (κ3) is 2.48. The van der Waals surface area contributed by atoms with Crippen LogP contribution < -0.4 is 10.9 Å². The van der Waals surface area contributed by atoms with E-state index in [4.69, 9.17) is 0 Å². The van der Waals surface area contributed by atoms with E-state index in [1.54, 1.807) is 24.5 Å². The maximum Gasteiger partial charge on any atom is 0.261 e. The molecule has 0 radical (unpaired) electrons. The molecule has 3 heterocycles. The molecule has 7 heteroatoms. The van der Waals surface area contributed by atoms with Gasteiger partial charge >= 0.3 is 0 Å². The Bertz CT molecular complexity index is 894. The lowest BCUT2D eigenvalue weighted by Gasteiger charge is -2.07. The number of hydrogen-bond donors (Lipinski definition) is 2. The van der Waals surface area contributed by atoms with Crippen LogP contribution >= 0.6 is 0 Å². The van der Waals surface area contributed by atoms with Gasteiger partial charge in [-0.15, -0.1) is 0 Å². The van der Waals surface area contributed by atoms with Crippen molar-refractivity contribution in [2.45, 2.75) is 19.9 Å². The smallest absolute Gasteiger partial charge is 0.261 e. The van der Waals surface area contributed by atoms with Gasteiger partial charge in [0.15, 0.2) is 5.65 Å². The molecular weight excluding hydrogens is 282 g/mol. The molecule has 112 valence electrons. The van der Waals surface area contributed by atoms with Crippen molar-refractivity contribution < 1.29 is 4.79 Å². The number of hydrogen-bond acceptors (Lipinski definition) is 4. The number of carbonyl (C=O) groups excluding carboxylic acids is 1. The highest BCUT2D eigenvalue weighted by Crippen LogP contribution is 2.19. The van der Waals surface area contributed by atoms with Crippen molar-refractivity contribution in [3.05, 3.63) is 52.7 Å². The maximum absolute atomic E-state index is 12.1. The monoisotopic (exact) mass is 297 g/mol. The molecule has 22 heavy (non-hydrogen) atoms. The average molecular weight is 297 g/mol. The highest BCUT2D eigenvalue weighted by Gasteiger charge is 2.12. The first kappa shape index (κ1) is 14.0. The number of H-pyrrole nitrogens is 1. The van der Waals surface area contributed by atoms with E-state index in [-0.39, 0.29) is 11.6 Å². The van der Waals surface area contributed by atoms with Crippen molar-refractivity contribution >= 4 is 22.6 Å². The van der Waals surface area contributed by atoms with Gasteiger partial charge in [-0.05, 0) is 32.0 Å². The lowest BCUT2D eigenvalue weighted by atomic mass is 10.2. The summed E-state index contributed by atoms with van der Waals surface area (Å²) >= 11 is 0. The number of carbonyl (C=O) groups is 1. The van der Waals surface area contributed by atoms with Gasteiger partial charge in [-0.1, -0.05) is 0 Å². The van der Waals surface area contributed by atoms with E-state index in [1.165, 1.54) is 12.3 Å². The maximum atomic E-state index is 12.1. The van der Waals surface area contributed by atoms with E-state index in [0.717, 1.165) is 11.0 Å². The lowest BCUT2D eigenvalue weighted by Crippen LogP contribution is -2.22. The molecule has 3 rings (SSSR count). The number of nitrogens with one attached hydrogen (secondary N) is 2. The summed E-state index contributed by atoms with van der Waals surface area (Å²) in [4.78, 5) is 30.5. The summed E-state index contributed by atoms with van der Waals surface area (Å²) in [6.07, 6.45) is 4.73. The van der Waals surface area contributed by atoms with Crippen LogP contribution in [0, 0.1) is 0 Å². The van der Waals surface area contributed by atoms with Crippen molar-refractivity contribution in [1.29, 1.82) is 0 Å². The summed E-state index contributed by atoms with van der Waals surface area (Å²) < 4.78 is 1.81. The molecule has 0 aromatic carbocycles. The van der Waals surface area contributed by atoms with E-state index in [2.05, 4.69) is 20.4 Å². The van der Waals surface area contributed by atoms with Gasteiger partial charge in [0, 0.05) is 17.6 Å². The molecule has 3 aromatic heterocycles. The molecule has 0 saturated carbocycles. The largest absolute Gasteiger partial charge is 0.328 e. The van der Waals surface area contributed by atoms with Crippen LogP contribution in [0.2, 0.25) is 0 Å². The first-order valence-corrected chi connectivity index (χ1v) is 6.88. The van der Waals surface area contributed by atoms with E-state index in [9.17, 15) is 9.59 Å². The zero-order valence-corrected chi connectivity index (χ0v) is 12.2. The quantitative estimate of drug-likeness (QED) is 0.772. The molecule has 1 amide bonds. The Morgan fingerprint density at radius 2 is 2.18 bits per heavy atom. The van der Waals surface area contributed by atoms with Crippen molar-refractivity contribution in [3.63, 3.8) is 0 Å². The van der Waals surface area contributed by atoms with Gasteiger partial charge < -0.3 is 10.3 Å². The molecule has 0 aliphatic rings. The molecule has 0 aliphatic carbocycles. The molecule has 0 saturated heterocycles. The Morgan fingerprint density at radius 3 is 2.91 bits per heavy atom. The van der Waals surface area contributed by atoms with Gasteiger partial charge in [0.1, 0.15) is 5.56 Å². The van der Waals surface area contributed by atoms with Gasteiger partial charge in [0.05, 0.1) is 18.1 Å². The summed E-state index contributed by atoms with van der Waals surface area (Å²) in [6, 6.07) is 5.05. The second-order valence-electron chi connectivity index (χ2n) is 5.19. The van der Waals surface area contributed by atoms with Crippen molar-refractivity contribution in [1.82, 2.24) is 19.7 Å². The summed E-state index contributed by atoms with van der Waals surface area (Å²) in [6.45, 7) is 4.04. The van der Waals surface area contributed by atoms with Gasteiger partial charge in [-0.25, -0.2) is 9.67 Å². The Balaban J connectivity index is 1.90. The lowest BCUT2D eigenvalue weighted by molar-refractivity contribution is 0.102. The van der Waals surface area contributed by atoms with Crippen LogP contribution in [-0.4, -0.2) is 25.7 Å². The SMILES string of the molecule is CC(C)n1ncc2cc(NC(=O)c3ccc[nH]c3=O)cnc21. The molecule has 2 N–H and O–H groups in total. The first-order chi connectivity index (χ1) is 10.6. The number of aromatic nitrogens is 4. The number of rotatable bonds is 3. The summed E-state index contributed by atoms with van der Waals surface area (Å²) in [5, 5.41) is 7.77. The van der Waals surface area contributed by atoms with Gasteiger partial charge in [0.2, 0.25) is 0 Å². The van der Waals surface area contributed by atoms with Crippen LogP contribution in [0.5, 0.6) is 0 Å². The summed E-state index contributed by atoms with van der Waals surface area (Å²) in [7, 11) is 0. The topological polar surface area (TPSA) is 92.7 Å². The molecule has 7 nitrogen and oxygen atoms in total. The zero-order valence-electron chi connectivity index (χ0n) is 12.2. The third-order valence-corrected chi connectivity index (χ3v) is 3.24. The molecule has 0 spiro atoms. The minimum atomic E-state index is -0.473. The van der Waals surface area contributed by atoms with E-state index in [0.29, 0.717) is 5.69 Å². The average Bonchev–Trinajstić information content (AvgIpc) is 2.91. The fraction of sp³-hybridized carbons (Fsp3) is 0.200. The molecule has 0 bridgehead atoms. The molecule has 0 aliphatic heterocycles. The molecular formula is C15H15N5O2. The van der Waals surface area contributed by atoms with Gasteiger partial charge in [0.25, 0.3) is 11.5 Å². The third-order valence-electron chi connectivity index (χ3n) is 3.24. The van der Waals surface area contributed by atoms with Crippen LogP contribution in [0.3, 0.4) is 0 Å². The summed E-state index contributed by atoms with van der Waals surface area (Å²) in [5.41, 5.74) is 0.900.